The Kier molecular flexibility index (Phi) is 3.48. The fourth-order valence-corrected chi connectivity index (χ4v) is 1.92. The zero-order valence-corrected chi connectivity index (χ0v) is 9.83. The molecule has 84 valence electrons. The van der Waals surface area contributed by atoms with E-state index in [1.54, 1.807) is 11.3 Å². The number of thiophene rings is 1. The van der Waals surface area contributed by atoms with E-state index in [9.17, 15) is 0 Å². The van der Waals surface area contributed by atoms with E-state index in [1.165, 1.54) is 0 Å². The minimum absolute atomic E-state index is 0.397. The normalized spacial score (nSPS) is 10.4. The summed E-state index contributed by atoms with van der Waals surface area (Å²) in [6, 6.07) is 6.27. The van der Waals surface area contributed by atoms with Crippen molar-refractivity contribution in [3.05, 3.63) is 39.8 Å². The topological polar surface area (TPSA) is 61.0 Å². The van der Waals surface area contributed by atoms with Gasteiger partial charge in [-0.3, -0.25) is 0 Å². The Morgan fingerprint density at radius 3 is 3.00 bits per heavy atom. The molecule has 4 nitrogen and oxygen atoms in total. The molecule has 0 fully saturated rings. The van der Waals surface area contributed by atoms with Crippen molar-refractivity contribution in [3.63, 3.8) is 0 Å². The van der Waals surface area contributed by atoms with Gasteiger partial charge in [0.25, 0.3) is 0 Å². The Balaban J connectivity index is 2.06. The lowest BCUT2D eigenvalue weighted by molar-refractivity contribution is 0.282. The van der Waals surface area contributed by atoms with Crippen LogP contribution in [0.25, 0.3) is 0 Å². The van der Waals surface area contributed by atoms with E-state index >= 15 is 0 Å². The van der Waals surface area contributed by atoms with Crippen molar-refractivity contribution in [2.24, 2.45) is 5.73 Å². The highest BCUT2D eigenvalue weighted by atomic mass is 32.1. The number of hydrogen-bond donors (Lipinski definition) is 1. The molecule has 2 aromatic heterocycles. The van der Waals surface area contributed by atoms with E-state index in [1.807, 2.05) is 30.5 Å². The average Bonchev–Trinajstić information content (AvgIpc) is 2.78. The smallest absolute Gasteiger partial charge is 0.317 e. The van der Waals surface area contributed by atoms with E-state index in [-0.39, 0.29) is 0 Å². The van der Waals surface area contributed by atoms with Gasteiger partial charge in [0.15, 0.2) is 0 Å². The maximum atomic E-state index is 5.53. The number of rotatable bonds is 4. The van der Waals surface area contributed by atoms with E-state index < -0.39 is 0 Å². The first-order chi connectivity index (χ1) is 7.78. The predicted molar refractivity (Wildman–Crippen MR) is 63.3 cm³/mol. The van der Waals surface area contributed by atoms with Crippen molar-refractivity contribution in [1.29, 1.82) is 0 Å². The summed E-state index contributed by atoms with van der Waals surface area (Å²) < 4.78 is 5.51. The zero-order chi connectivity index (χ0) is 11.4. The summed E-state index contributed by atoms with van der Waals surface area (Å²) in [5, 5.41) is 2.01. The number of nitrogens with zero attached hydrogens (tertiary/aromatic N) is 2. The molecule has 5 heteroatoms. The molecule has 0 aliphatic carbocycles. The molecule has 0 aliphatic heterocycles. The lowest BCUT2D eigenvalue weighted by atomic mass is 10.3. The van der Waals surface area contributed by atoms with Gasteiger partial charge in [0.2, 0.25) is 0 Å². The van der Waals surface area contributed by atoms with Crippen molar-refractivity contribution < 1.29 is 4.74 Å². The van der Waals surface area contributed by atoms with Gasteiger partial charge in [-0.1, -0.05) is 6.07 Å². The van der Waals surface area contributed by atoms with Crippen molar-refractivity contribution >= 4 is 11.3 Å². The van der Waals surface area contributed by atoms with E-state index in [2.05, 4.69) is 9.97 Å². The van der Waals surface area contributed by atoms with Crippen LogP contribution in [0, 0.1) is 6.92 Å². The number of aryl methyl sites for hydroxylation is 1. The summed E-state index contributed by atoms with van der Waals surface area (Å²) >= 11 is 1.65. The van der Waals surface area contributed by atoms with Crippen molar-refractivity contribution in [3.8, 4) is 6.01 Å². The molecule has 0 amide bonds. The van der Waals surface area contributed by atoms with Crippen molar-refractivity contribution in [2.45, 2.75) is 20.1 Å². The fourth-order valence-electron chi connectivity index (χ4n) is 1.30. The Morgan fingerprint density at radius 2 is 2.31 bits per heavy atom. The Hall–Kier alpha value is -1.46. The third kappa shape index (κ3) is 2.77. The fraction of sp³-hybridized carbons (Fsp3) is 0.273. The van der Waals surface area contributed by atoms with Gasteiger partial charge >= 0.3 is 6.01 Å². The van der Waals surface area contributed by atoms with Crippen LogP contribution < -0.4 is 10.5 Å². The van der Waals surface area contributed by atoms with Crippen LogP contribution in [0.1, 0.15) is 16.3 Å². The van der Waals surface area contributed by atoms with Crippen LogP contribution in [0.2, 0.25) is 0 Å². The van der Waals surface area contributed by atoms with E-state index in [0.29, 0.717) is 19.2 Å². The molecule has 0 spiro atoms. The van der Waals surface area contributed by atoms with Gasteiger partial charge in [-0.05, 0) is 24.4 Å². The van der Waals surface area contributed by atoms with E-state index in [0.717, 1.165) is 16.3 Å². The van der Waals surface area contributed by atoms with Crippen LogP contribution in [0.4, 0.5) is 0 Å². The number of ether oxygens (including phenoxy) is 1. The molecule has 2 aromatic rings. The average molecular weight is 235 g/mol. The first kappa shape index (κ1) is 11.0. The molecule has 2 heterocycles. The SMILES string of the molecule is Cc1cc(CN)nc(OCc2cccs2)n1. The number of nitrogens with two attached hydrogens (primary N) is 1. The maximum Gasteiger partial charge on any atom is 0.317 e. The summed E-state index contributed by atoms with van der Waals surface area (Å²) in [6.45, 7) is 2.81. The Labute approximate surface area is 98.1 Å². The first-order valence-electron chi connectivity index (χ1n) is 4.98. The van der Waals surface area contributed by atoms with E-state index in [4.69, 9.17) is 10.5 Å². The van der Waals surface area contributed by atoms with Gasteiger partial charge in [-0.15, -0.1) is 11.3 Å². The molecule has 0 saturated heterocycles. The first-order valence-corrected chi connectivity index (χ1v) is 5.85. The van der Waals surface area contributed by atoms with Gasteiger partial charge < -0.3 is 10.5 Å². The molecule has 0 unspecified atom stereocenters. The molecule has 2 N–H and O–H groups in total. The van der Waals surface area contributed by atoms with Crippen molar-refractivity contribution in [1.82, 2.24) is 9.97 Å². The molecule has 2 rings (SSSR count). The van der Waals surface area contributed by atoms with Crippen LogP contribution >= 0.6 is 11.3 Å². The zero-order valence-electron chi connectivity index (χ0n) is 9.01. The minimum atomic E-state index is 0.397. The highest BCUT2D eigenvalue weighted by molar-refractivity contribution is 7.09. The molecule has 0 aliphatic rings. The van der Waals surface area contributed by atoms with Gasteiger partial charge in [0, 0.05) is 17.1 Å². The summed E-state index contributed by atoms with van der Waals surface area (Å²) in [4.78, 5) is 9.55. The summed E-state index contributed by atoms with van der Waals surface area (Å²) in [6.07, 6.45) is 0. The summed E-state index contributed by atoms with van der Waals surface area (Å²) in [5.74, 6) is 0. The summed E-state index contributed by atoms with van der Waals surface area (Å²) in [5.41, 5.74) is 7.21. The lowest BCUT2D eigenvalue weighted by Gasteiger charge is -2.05. The summed E-state index contributed by atoms with van der Waals surface area (Å²) in [7, 11) is 0. The second-order valence-electron chi connectivity index (χ2n) is 3.36. The van der Waals surface area contributed by atoms with Crippen LogP contribution in [-0.2, 0) is 13.2 Å². The van der Waals surface area contributed by atoms with Crippen LogP contribution in [-0.4, -0.2) is 9.97 Å². The third-order valence-corrected chi connectivity index (χ3v) is 2.87. The second-order valence-corrected chi connectivity index (χ2v) is 4.39. The second kappa shape index (κ2) is 5.05. The molecule has 0 atom stereocenters. The molecule has 16 heavy (non-hydrogen) atoms. The van der Waals surface area contributed by atoms with Crippen LogP contribution in [0.15, 0.2) is 23.6 Å². The molecule has 0 bridgehead atoms. The van der Waals surface area contributed by atoms with Gasteiger partial charge in [-0.25, -0.2) is 4.98 Å². The molecule has 0 aromatic carbocycles. The van der Waals surface area contributed by atoms with Crippen LogP contribution in [0.5, 0.6) is 6.01 Å². The maximum absolute atomic E-state index is 5.53. The number of hydrogen-bond acceptors (Lipinski definition) is 5. The molecule has 0 radical (unpaired) electrons. The quantitative estimate of drug-likeness (QED) is 0.879. The molecule has 0 saturated carbocycles. The largest absolute Gasteiger partial charge is 0.458 e. The van der Waals surface area contributed by atoms with Gasteiger partial charge in [0.05, 0.1) is 5.69 Å². The van der Waals surface area contributed by atoms with Crippen molar-refractivity contribution in [2.75, 3.05) is 0 Å². The highest BCUT2D eigenvalue weighted by Gasteiger charge is 2.03. The predicted octanol–water partition coefficient (Wildman–Crippen LogP) is 1.88. The Morgan fingerprint density at radius 1 is 1.44 bits per heavy atom. The standard InChI is InChI=1S/C11H13N3OS/c1-8-5-9(6-12)14-11(13-8)15-7-10-3-2-4-16-10/h2-5H,6-7,12H2,1H3. The molecular formula is C11H13N3OS. The highest BCUT2D eigenvalue weighted by Crippen LogP contribution is 2.12. The van der Waals surface area contributed by atoms with Gasteiger partial charge in [0.1, 0.15) is 6.61 Å². The molecular weight excluding hydrogens is 222 g/mol. The third-order valence-electron chi connectivity index (χ3n) is 2.02. The Bertz CT molecular complexity index is 456. The monoisotopic (exact) mass is 235 g/mol. The van der Waals surface area contributed by atoms with Crippen LogP contribution in [0.3, 0.4) is 0 Å². The van der Waals surface area contributed by atoms with Gasteiger partial charge in [-0.2, -0.15) is 4.98 Å². The minimum Gasteiger partial charge on any atom is -0.458 e. The number of aromatic nitrogens is 2. The lowest BCUT2D eigenvalue weighted by Crippen LogP contribution is -2.05.